The van der Waals surface area contributed by atoms with Crippen molar-refractivity contribution in [2.24, 2.45) is 7.05 Å². The Hall–Kier alpha value is -3.08. The van der Waals surface area contributed by atoms with E-state index in [9.17, 15) is 9.59 Å². The van der Waals surface area contributed by atoms with E-state index in [1.54, 1.807) is 18.7 Å². The molecule has 5 heteroatoms. The van der Waals surface area contributed by atoms with Crippen molar-refractivity contribution in [3.8, 4) is 11.1 Å². The molecule has 0 fully saturated rings. The monoisotopic (exact) mass is 364 g/mol. The molecule has 5 nitrogen and oxygen atoms in total. The van der Waals surface area contributed by atoms with Crippen molar-refractivity contribution in [3.63, 3.8) is 0 Å². The van der Waals surface area contributed by atoms with Crippen LogP contribution in [-0.2, 0) is 11.8 Å². The zero-order chi connectivity index (χ0) is 19.8. The summed E-state index contributed by atoms with van der Waals surface area (Å²) < 4.78 is 7.03. The number of rotatable bonds is 2. The molecule has 0 unspecified atom stereocenters. The van der Waals surface area contributed by atoms with E-state index in [1.807, 2.05) is 75.5 Å². The molecule has 3 rings (SSSR count). The first-order chi connectivity index (χ1) is 12.7. The summed E-state index contributed by atoms with van der Waals surface area (Å²) in [6, 6.07) is 15.2. The van der Waals surface area contributed by atoms with Crippen molar-refractivity contribution >= 4 is 22.6 Å². The SMILES string of the molecule is CN(C(=O)OC(C)(C)C)c1cccc(-c2cn(C)c(=O)c3ccccc23)c1. The Morgan fingerprint density at radius 1 is 1.04 bits per heavy atom. The van der Waals surface area contributed by atoms with Gasteiger partial charge < -0.3 is 9.30 Å². The molecule has 0 saturated heterocycles. The van der Waals surface area contributed by atoms with Crippen molar-refractivity contribution in [2.45, 2.75) is 26.4 Å². The number of aryl methyl sites for hydroxylation is 1. The van der Waals surface area contributed by atoms with Crippen LogP contribution in [0.5, 0.6) is 0 Å². The summed E-state index contributed by atoms with van der Waals surface area (Å²) in [7, 11) is 3.43. The molecule has 0 N–H and O–H groups in total. The highest BCUT2D eigenvalue weighted by Crippen LogP contribution is 2.29. The predicted octanol–water partition coefficient (Wildman–Crippen LogP) is 4.58. The number of nitrogens with zero attached hydrogens (tertiary/aromatic N) is 2. The Kier molecular flexibility index (Phi) is 4.79. The van der Waals surface area contributed by atoms with Gasteiger partial charge in [0.05, 0.1) is 0 Å². The third-order valence-electron chi connectivity index (χ3n) is 4.30. The number of hydrogen-bond donors (Lipinski definition) is 0. The zero-order valence-electron chi connectivity index (χ0n) is 16.3. The molecular weight excluding hydrogens is 340 g/mol. The minimum absolute atomic E-state index is 0.0311. The third-order valence-corrected chi connectivity index (χ3v) is 4.30. The Bertz CT molecular complexity index is 1060. The number of hydrogen-bond acceptors (Lipinski definition) is 3. The average Bonchev–Trinajstić information content (AvgIpc) is 2.63. The van der Waals surface area contributed by atoms with E-state index < -0.39 is 11.7 Å². The number of anilines is 1. The normalized spacial score (nSPS) is 11.4. The lowest BCUT2D eigenvalue weighted by atomic mass is 10.00. The van der Waals surface area contributed by atoms with Gasteiger partial charge in [0.15, 0.2) is 0 Å². The molecular formula is C22H24N2O3. The lowest BCUT2D eigenvalue weighted by molar-refractivity contribution is 0.0589. The molecule has 0 aliphatic heterocycles. The Morgan fingerprint density at radius 3 is 2.37 bits per heavy atom. The topological polar surface area (TPSA) is 51.5 Å². The molecule has 27 heavy (non-hydrogen) atoms. The van der Waals surface area contributed by atoms with E-state index in [2.05, 4.69) is 0 Å². The van der Waals surface area contributed by atoms with Gasteiger partial charge in [-0.25, -0.2) is 4.79 Å². The number of ether oxygens (including phenoxy) is 1. The van der Waals surface area contributed by atoms with Crippen LogP contribution in [0.2, 0.25) is 0 Å². The average molecular weight is 364 g/mol. The summed E-state index contributed by atoms with van der Waals surface area (Å²) in [5.74, 6) is 0. The van der Waals surface area contributed by atoms with E-state index in [-0.39, 0.29) is 5.56 Å². The largest absolute Gasteiger partial charge is 0.443 e. The maximum atomic E-state index is 12.4. The first-order valence-corrected chi connectivity index (χ1v) is 8.83. The number of benzene rings is 2. The van der Waals surface area contributed by atoms with Crippen LogP contribution in [-0.4, -0.2) is 23.3 Å². The van der Waals surface area contributed by atoms with Crippen LogP contribution < -0.4 is 10.5 Å². The van der Waals surface area contributed by atoms with Crippen molar-refractivity contribution in [1.82, 2.24) is 4.57 Å². The van der Waals surface area contributed by atoms with E-state index in [0.29, 0.717) is 5.39 Å². The number of amides is 1. The molecule has 1 amide bonds. The summed E-state index contributed by atoms with van der Waals surface area (Å²) in [5.41, 5.74) is 1.99. The van der Waals surface area contributed by atoms with Crippen LogP contribution in [0.1, 0.15) is 20.8 Å². The summed E-state index contributed by atoms with van der Waals surface area (Å²) >= 11 is 0. The molecule has 0 saturated carbocycles. The fourth-order valence-corrected chi connectivity index (χ4v) is 2.96. The maximum Gasteiger partial charge on any atom is 0.414 e. The van der Waals surface area contributed by atoms with Gasteiger partial charge in [-0.3, -0.25) is 9.69 Å². The highest BCUT2D eigenvalue weighted by Gasteiger charge is 2.21. The summed E-state index contributed by atoms with van der Waals surface area (Å²) in [6.07, 6.45) is 1.42. The van der Waals surface area contributed by atoms with Gasteiger partial charge in [-0.15, -0.1) is 0 Å². The number of pyridine rings is 1. The molecule has 1 aromatic heterocycles. The van der Waals surface area contributed by atoms with Crippen molar-refractivity contribution in [2.75, 3.05) is 11.9 Å². The standard InChI is InChI=1S/C22H24N2O3/c1-22(2,3)27-21(26)24(5)16-10-8-9-15(13-16)19-14-23(4)20(25)18-12-7-6-11-17(18)19/h6-14H,1-5H3. The van der Waals surface area contributed by atoms with Crippen molar-refractivity contribution in [1.29, 1.82) is 0 Å². The first kappa shape index (κ1) is 18.7. The number of carbonyl (C=O) groups excluding carboxylic acids is 1. The van der Waals surface area contributed by atoms with Crippen molar-refractivity contribution in [3.05, 3.63) is 65.1 Å². The minimum atomic E-state index is -0.559. The molecule has 0 aliphatic carbocycles. The van der Waals surface area contributed by atoms with E-state index in [4.69, 9.17) is 4.74 Å². The molecule has 0 aliphatic rings. The molecule has 1 heterocycles. The predicted molar refractivity (Wildman–Crippen MR) is 109 cm³/mol. The van der Waals surface area contributed by atoms with Gasteiger partial charge >= 0.3 is 6.09 Å². The molecule has 2 aromatic carbocycles. The molecule has 0 radical (unpaired) electrons. The van der Waals surface area contributed by atoms with Crippen LogP contribution in [0.25, 0.3) is 21.9 Å². The smallest absolute Gasteiger partial charge is 0.414 e. The molecule has 0 bridgehead atoms. The van der Waals surface area contributed by atoms with Crippen molar-refractivity contribution < 1.29 is 9.53 Å². The van der Waals surface area contributed by atoms with Crippen LogP contribution in [0, 0.1) is 0 Å². The molecule has 140 valence electrons. The fourth-order valence-electron chi connectivity index (χ4n) is 2.96. The second kappa shape index (κ2) is 6.91. The highest BCUT2D eigenvalue weighted by atomic mass is 16.6. The zero-order valence-corrected chi connectivity index (χ0v) is 16.3. The molecule has 0 spiro atoms. The van der Waals surface area contributed by atoms with Gasteiger partial charge in [0.2, 0.25) is 0 Å². The quantitative estimate of drug-likeness (QED) is 0.669. The van der Waals surface area contributed by atoms with E-state index >= 15 is 0 Å². The lowest BCUT2D eigenvalue weighted by Gasteiger charge is -2.25. The Morgan fingerprint density at radius 2 is 1.70 bits per heavy atom. The van der Waals surface area contributed by atoms with Crippen LogP contribution in [0.3, 0.4) is 0 Å². The van der Waals surface area contributed by atoms with Gasteiger partial charge in [-0.05, 0) is 49.9 Å². The summed E-state index contributed by atoms with van der Waals surface area (Å²) in [4.78, 5) is 26.3. The van der Waals surface area contributed by atoms with Gasteiger partial charge in [0, 0.05) is 36.9 Å². The highest BCUT2D eigenvalue weighted by molar-refractivity contribution is 5.97. The Balaban J connectivity index is 2.07. The van der Waals surface area contributed by atoms with E-state index in [0.717, 1.165) is 22.2 Å². The van der Waals surface area contributed by atoms with E-state index in [1.165, 1.54) is 4.90 Å². The van der Waals surface area contributed by atoms with Gasteiger partial charge in [-0.1, -0.05) is 30.3 Å². The van der Waals surface area contributed by atoms with Crippen LogP contribution in [0.4, 0.5) is 10.5 Å². The van der Waals surface area contributed by atoms with Gasteiger partial charge in [0.25, 0.3) is 5.56 Å². The molecule has 3 aromatic rings. The Labute approximate surface area is 158 Å². The number of fused-ring (bicyclic) bond motifs is 1. The van der Waals surface area contributed by atoms with Gasteiger partial charge in [0.1, 0.15) is 5.60 Å². The fraction of sp³-hybridized carbons (Fsp3) is 0.273. The lowest BCUT2D eigenvalue weighted by Crippen LogP contribution is -2.34. The maximum absolute atomic E-state index is 12.4. The summed E-state index contributed by atoms with van der Waals surface area (Å²) in [6.45, 7) is 5.52. The third kappa shape index (κ3) is 3.87. The molecule has 0 atom stereocenters. The van der Waals surface area contributed by atoms with Crippen LogP contribution >= 0.6 is 0 Å². The minimum Gasteiger partial charge on any atom is -0.443 e. The summed E-state index contributed by atoms with van der Waals surface area (Å²) in [5, 5.41) is 1.56. The number of carbonyl (C=O) groups is 1. The second-order valence-electron chi connectivity index (χ2n) is 7.59. The second-order valence-corrected chi connectivity index (χ2v) is 7.59. The number of aromatic nitrogens is 1. The van der Waals surface area contributed by atoms with Crippen LogP contribution in [0.15, 0.2) is 59.5 Å². The first-order valence-electron chi connectivity index (χ1n) is 8.83. The van der Waals surface area contributed by atoms with Gasteiger partial charge in [-0.2, -0.15) is 0 Å².